The molecule has 2 heterocycles. The number of hydrogen-bond acceptors (Lipinski definition) is 8. The van der Waals surface area contributed by atoms with E-state index in [4.69, 9.17) is 10.0 Å². The molecule has 1 aliphatic rings. The smallest absolute Gasteiger partial charge is 0.261 e. The third-order valence-electron chi connectivity index (χ3n) is 4.11. The summed E-state index contributed by atoms with van der Waals surface area (Å²) in [5.41, 5.74) is 5.01. The Labute approximate surface area is 154 Å². The zero-order valence-corrected chi connectivity index (χ0v) is 15.5. The first kappa shape index (κ1) is 18.5. The van der Waals surface area contributed by atoms with Gasteiger partial charge < -0.3 is 4.84 Å². The number of hydrogen-bond donors (Lipinski definition) is 2. The van der Waals surface area contributed by atoms with Crippen molar-refractivity contribution in [2.75, 3.05) is 6.26 Å². The van der Waals surface area contributed by atoms with Crippen LogP contribution in [0.3, 0.4) is 0 Å². The molecule has 2 atom stereocenters. The van der Waals surface area contributed by atoms with Crippen molar-refractivity contribution >= 4 is 33.0 Å². The van der Waals surface area contributed by atoms with Crippen molar-refractivity contribution in [3.8, 4) is 11.1 Å². The molecule has 0 saturated carbocycles. The van der Waals surface area contributed by atoms with E-state index in [2.05, 4.69) is 9.53 Å². The molecule has 2 unspecified atom stereocenters. The minimum atomic E-state index is -3.68. The summed E-state index contributed by atoms with van der Waals surface area (Å²) in [6, 6.07) is 7.72. The van der Waals surface area contributed by atoms with E-state index < -0.39 is 27.1 Å². The molecular weight excluding hydrogens is 378 g/mol. The van der Waals surface area contributed by atoms with Gasteiger partial charge in [-0.3, -0.25) is 10.0 Å². The van der Waals surface area contributed by atoms with Gasteiger partial charge in [-0.2, -0.15) is 0 Å². The monoisotopic (exact) mass is 395 g/mol. The first-order valence-electron chi connectivity index (χ1n) is 7.74. The van der Waals surface area contributed by atoms with Crippen LogP contribution >= 0.6 is 11.5 Å². The molecule has 0 bridgehead atoms. The maximum atomic E-state index is 11.8. The van der Waals surface area contributed by atoms with Gasteiger partial charge in [-0.25, -0.2) is 18.3 Å². The average Bonchev–Trinajstić information content (AvgIpc) is 3.30. The SMILES string of the molecule is CS(=O)(=O)C(CC1CC(c2ccc(-c3cnsc3)cc2)=NO1)C(=O)NO. The van der Waals surface area contributed by atoms with Gasteiger partial charge in [0.05, 0.1) is 5.71 Å². The number of aromatic nitrogens is 1. The fourth-order valence-corrected chi connectivity index (χ4v) is 4.27. The Morgan fingerprint density at radius 2 is 2.04 bits per heavy atom. The highest BCUT2D eigenvalue weighted by Crippen LogP contribution is 2.25. The standard InChI is InChI=1S/C16H17N3O5S2/c1-26(22,23)15(16(20)18-21)7-13-6-14(19-24-13)11-4-2-10(3-5-11)12-8-17-25-9-12/h2-5,8-9,13,15,21H,6-7H2,1H3,(H,18,20). The predicted octanol–water partition coefficient (Wildman–Crippen LogP) is 1.61. The van der Waals surface area contributed by atoms with Gasteiger partial charge in [0.15, 0.2) is 9.84 Å². The van der Waals surface area contributed by atoms with Crippen LogP contribution in [0.25, 0.3) is 11.1 Å². The number of nitrogens with one attached hydrogen (secondary N) is 1. The lowest BCUT2D eigenvalue weighted by molar-refractivity contribution is -0.129. The molecule has 3 rings (SSSR count). The van der Waals surface area contributed by atoms with Gasteiger partial charge in [0.25, 0.3) is 5.91 Å². The number of amides is 1. The summed E-state index contributed by atoms with van der Waals surface area (Å²) >= 11 is 1.38. The lowest BCUT2D eigenvalue weighted by Crippen LogP contribution is -2.40. The zero-order valence-electron chi connectivity index (χ0n) is 13.8. The van der Waals surface area contributed by atoms with Crippen LogP contribution in [-0.2, 0) is 19.5 Å². The van der Waals surface area contributed by atoms with Crippen LogP contribution in [0.4, 0.5) is 0 Å². The lowest BCUT2D eigenvalue weighted by Gasteiger charge is -2.15. The first-order chi connectivity index (χ1) is 12.4. The molecular formula is C16H17N3O5S2. The molecule has 1 aliphatic heterocycles. The van der Waals surface area contributed by atoms with Crippen LogP contribution in [0.5, 0.6) is 0 Å². The molecule has 1 aromatic carbocycles. The van der Waals surface area contributed by atoms with E-state index in [9.17, 15) is 13.2 Å². The number of oxime groups is 1. The van der Waals surface area contributed by atoms with Crippen LogP contribution in [-0.4, -0.2) is 47.2 Å². The fraction of sp³-hybridized carbons (Fsp3) is 0.312. The minimum absolute atomic E-state index is 0.0864. The largest absolute Gasteiger partial charge is 0.392 e. The van der Waals surface area contributed by atoms with Crippen LogP contribution in [0, 0.1) is 0 Å². The number of sulfone groups is 1. The average molecular weight is 395 g/mol. The molecule has 10 heteroatoms. The summed E-state index contributed by atoms with van der Waals surface area (Å²) in [5.74, 6) is -0.974. The van der Waals surface area contributed by atoms with E-state index in [0.29, 0.717) is 12.1 Å². The highest BCUT2D eigenvalue weighted by atomic mass is 32.2. The topological polar surface area (TPSA) is 118 Å². The quantitative estimate of drug-likeness (QED) is 0.567. The van der Waals surface area contributed by atoms with Gasteiger partial charge in [-0.15, -0.1) is 0 Å². The van der Waals surface area contributed by atoms with Gasteiger partial charge in [0, 0.05) is 36.2 Å². The molecule has 8 nitrogen and oxygen atoms in total. The van der Waals surface area contributed by atoms with E-state index in [1.807, 2.05) is 29.6 Å². The normalized spacial score (nSPS) is 18.1. The van der Waals surface area contributed by atoms with E-state index >= 15 is 0 Å². The molecule has 2 N–H and O–H groups in total. The second-order valence-electron chi connectivity index (χ2n) is 5.99. The molecule has 0 aliphatic carbocycles. The second kappa shape index (κ2) is 7.52. The Bertz CT molecular complexity index is 908. The molecule has 26 heavy (non-hydrogen) atoms. The molecule has 2 aromatic rings. The predicted molar refractivity (Wildman–Crippen MR) is 96.8 cm³/mol. The van der Waals surface area contributed by atoms with Crippen LogP contribution in [0.1, 0.15) is 18.4 Å². The highest BCUT2D eigenvalue weighted by Gasteiger charge is 2.35. The number of carbonyl (C=O) groups is 1. The third-order valence-corrected chi connectivity index (χ3v) is 6.14. The Balaban J connectivity index is 1.67. The summed E-state index contributed by atoms with van der Waals surface area (Å²) in [5, 5.41) is 13.3. The molecule has 0 fully saturated rings. The van der Waals surface area contributed by atoms with Crippen molar-refractivity contribution in [2.45, 2.75) is 24.2 Å². The summed E-state index contributed by atoms with van der Waals surface area (Å²) in [6.45, 7) is 0. The number of nitrogens with zero attached hydrogens (tertiary/aromatic N) is 2. The maximum Gasteiger partial charge on any atom is 0.261 e. The minimum Gasteiger partial charge on any atom is -0.392 e. The molecule has 1 amide bonds. The first-order valence-corrected chi connectivity index (χ1v) is 10.5. The van der Waals surface area contributed by atoms with E-state index in [-0.39, 0.29) is 6.42 Å². The van der Waals surface area contributed by atoms with Crippen molar-refractivity contribution in [1.82, 2.24) is 9.85 Å². The molecule has 0 spiro atoms. The number of rotatable bonds is 6. The maximum absolute atomic E-state index is 11.8. The Morgan fingerprint density at radius 3 is 2.62 bits per heavy atom. The third kappa shape index (κ3) is 4.09. The summed E-state index contributed by atoms with van der Waals surface area (Å²) in [6.07, 6.45) is 2.48. The van der Waals surface area contributed by atoms with Crippen molar-refractivity contribution < 1.29 is 23.3 Å². The summed E-state index contributed by atoms with van der Waals surface area (Å²) < 4.78 is 27.6. The van der Waals surface area contributed by atoms with Crippen LogP contribution in [0.15, 0.2) is 41.0 Å². The van der Waals surface area contributed by atoms with Gasteiger partial charge >= 0.3 is 0 Å². The lowest BCUT2D eigenvalue weighted by atomic mass is 10.00. The fourth-order valence-electron chi connectivity index (χ4n) is 2.71. The molecule has 0 saturated heterocycles. The van der Waals surface area contributed by atoms with Crippen molar-refractivity contribution in [1.29, 1.82) is 0 Å². The number of benzene rings is 1. The van der Waals surface area contributed by atoms with Gasteiger partial charge in [0.1, 0.15) is 11.4 Å². The van der Waals surface area contributed by atoms with Crippen molar-refractivity contribution in [3.05, 3.63) is 41.4 Å². The molecule has 1 aromatic heterocycles. The summed E-state index contributed by atoms with van der Waals surface area (Å²) in [7, 11) is -3.68. The Hall–Kier alpha value is -2.30. The number of carbonyl (C=O) groups excluding carboxylic acids is 1. The highest BCUT2D eigenvalue weighted by molar-refractivity contribution is 7.92. The van der Waals surface area contributed by atoms with Crippen LogP contribution in [0.2, 0.25) is 0 Å². The zero-order chi connectivity index (χ0) is 18.7. The van der Waals surface area contributed by atoms with E-state index in [1.165, 1.54) is 17.0 Å². The Kier molecular flexibility index (Phi) is 5.35. The van der Waals surface area contributed by atoms with E-state index in [1.54, 1.807) is 6.20 Å². The number of hydroxylamine groups is 1. The van der Waals surface area contributed by atoms with Crippen LogP contribution < -0.4 is 5.48 Å². The van der Waals surface area contributed by atoms with Gasteiger partial charge in [0.2, 0.25) is 0 Å². The Morgan fingerprint density at radius 1 is 1.35 bits per heavy atom. The summed E-state index contributed by atoms with van der Waals surface area (Å²) in [4.78, 5) is 16.9. The van der Waals surface area contributed by atoms with Gasteiger partial charge in [-0.1, -0.05) is 29.4 Å². The van der Waals surface area contributed by atoms with Crippen molar-refractivity contribution in [2.24, 2.45) is 5.16 Å². The second-order valence-corrected chi connectivity index (χ2v) is 8.88. The van der Waals surface area contributed by atoms with Gasteiger partial charge in [-0.05, 0) is 22.7 Å². The van der Waals surface area contributed by atoms with Crippen molar-refractivity contribution in [3.63, 3.8) is 0 Å². The molecule has 138 valence electrons. The molecule has 0 radical (unpaired) electrons. The van der Waals surface area contributed by atoms with E-state index in [0.717, 1.165) is 22.9 Å².